The van der Waals surface area contributed by atoms with Gasteiger partial charge in [-0.25, -0.2) is 9.07 Å². The van der Waals surface area contributed by atoms with Crippen LogP contribution in [0.1, 0.15) is 22.0 Å². The van der Waals surface area contributed by atoms with E-state index in [0.29, 0.717) is 22.9 Å². The van der Waals surface area contributed by atoms with E-state index in [0.717, 1.165) is 0 Å². The number of rotatable bonds is 4. The SMILES string of the molecule is Cc1c(C(=O)NCc2nnc3ccccn23)nnn1-c1ccc(F)cc1. The Morgan fingerprint density at radius 2 is 1.92 bits per heavy atom. The molecule has 0 saturated heterocycles. The first kappa shape index (κ1) is 15.9. The third-order valence-corrected chi connectivity index (χ3v) is 3.97. The maximum absolute atomic E-state index is 13.1. The zero-order chi connectivity index (χ0) is 18.1. The number of halogens is 1. The zero-order valence-electron chi connectivity index (χ0n) is 13.8. The number of carbonyl (C=O) groups is 1. The quantitative estimate of drug-likeness (QED) is 0.604. The molecule has 3 aromatic heterocycles. The van der Waals surface area contributed by atoms with Gasteiger partial charge in [-0.1, -0.05) is 11.3 Å². The van der Waals surface area contributed by atoms with Crippen LogP contribution in [0.2, 0.25) is 0 Å². The fourth-order valence-electron chi connectivity index (χ4n) is 2.62. The highest BCUT2D eigenvalue weighted by atomic mass is 19.1. The summed E-state index contributed by atoms with van der Waals surface area (Å²) in [4.78, 5) is 12.5. The summed E-state index contributed by atoms with van der Waals surface area (Å²) in [5, 5.41) is 18.8. The molecule has 4 rings (SSSR count). The van der Waals surface area contributed by atoms with Crippen molar-refractivity contribution in [3.05, 3.63) is 71.7 Å². The van der Waals surface area contributed by atoms with Crippen LogP contribution in [-0.4, -0.2) is 35.5 Å². The van der Waals surface area contributed by atoms with Crippen LogP contribution in [0.4, 0.5) is 4.39 Å². The van der Waals surface area contributed by atoms with Crippen LogP contribution < -0.4 is 5.32 Å². The lowest BCUT2D eigenvalue weighted by Crippen LogP contribution is -2.25. The van der Waals surface area contributed by atoms with E-state index >= 15 is 0 Å². The number of carbonyl (C=O) groups excluding carboxylic acids is 1. The Bertz CT molecular complexity index is 1080. The van der Waals surface area contributed by atoms with Crippen LogP contribution in [0.15, 0.2) is 48.7 Å². The molecule has 9 heteroatoms. The highest BCUT2D eigenvalue weighted by Gasteiger charge is 2.18. The molecular weight excluding hydrogens is 337 g/mol. The number of nitrogens with one attached hydrogen (secondary N) is 1. The summed E-state index contributed by atoms with van der Waals surface area (Å²) in [6, 6.07) is 11.3. The summed E-state index contributed by atoms with van der Waals surface area (Å²) >= 11 is 0. The predicted octanol–water partition coefficient (Wildman–Crippen LogP) is 1.69. The van der Waals surface area contributed by atoms with Gasteiger partial charge in [-0.3, -0.25) is 9.20 Å². The van der Waals surface area contributed by atoms with Crippen molar-refractivity contribution in [1.82, 2.24) is 34.9 Å². The van der Waals surface area contributed by atoms with E-state index < -0.39 is 0 Å². The van der Waals surface area contributed by atoms with Crippen LogP contribution in [-0.2, 0) is 6.54 Å². The lowest BCUT2D eigenvalue weighted by molar-refractivity contribution is 0.0944. The highest BCUT2D eigenvalue weighted by molar-refractivity contribution is 5.93. The number of aromatic nitrogens is 6. The van der Waals surface area contributed by atoms with Gasteiger partial charge in [-0.15, -0.1) is 15.3 Å². The van der Waals surface area contributed by atoms with Crippen LogP contribution in [0.5, 0.6) is 0 Å². The molecule has 1 amide bonds. The molecule has 26 heavy (non-hydrogen) atoms. The second kappa shape index (κ2) is 6.36. The second-order valence-corrected chi connectivity index (χ2v) is 5.64. The van der Waals surface area contributed by atoms with Crippen molar-refractivity contribution in [1.29, 1.82) is 0 Å². The van der Waals surface area contributed by atoms with Gasteiger partial charge in [0.2, 0.25) is 0 Å². The largest absolute Gasteiger partial charge is 0.343 e. The van der Waals surface area contributed by atoms with Crippen molar-refractivity contribution in [3.8, 4) is 5.69 Å². The molecule has 0 aliphatic carbocycles. The zero-order valence-corrected chi connectivity index (χ0v) is 13.8. The van der Waals surface area contributed by atoms with Gasteiger partial charge in [0.25, 0.3) is 5.91 Å². The second-order valence-electron chi connectivity index (χ2n) is 5.64. The molecule has 8 nitrogen and oxygen atoms in total. The Morgan fingerprint density at radius 3 is 2.73 bits per heavy atom. The molecule has 130 valence electrons. The number of benzene rings is 1. The smallest absolute Gasteiger partial charge is 0.274 e. The van der Waals surface area contributed by atoms with Gasteiger partial charge < -0.3 is 5.32 Å². The molecule has 1 N–H and O–H groups in total. The molecule has 0 aliphatic rings. The summed E-state index contributed by atoms with van der Waals surface area (Å²) in [5.41, 5.74) is 2.08. The van der Waals surface area contributed by atoms with E-state index in [9.17, 15) is 9.18 Å². The maximum atomic E-state index is 13.1. The molecule has 4 aromatic rings. The summed E-state index contributed by atoms with van der Waals surface area (Å²) in [5.74, 6) is -0.105. The standard InChI is InChI=1S/C17H14FN7O/c1-11-16(22-23-25(11)13-7-5-12(18)6-8-13)17(26)19-10-15-21-20-14-4-2-3-9-24(14)15/h2-9H,10H2,1H3,(H,19,26). The van der Waals surface area contributed by atoms with Crippen molar-refractivity contribution in [2.24, 2.45) is 0 Å². The minimum absolute atomic E-state index is 0.197. The number of hydrogen-bond donors (Lipinski definition) is 1. The van der Waals surface area contributed by atoms with E-state index in [1.54, 1.807) is 23.5 Å². The van der Waals surface area contributed by atoms with E-state index in [2.05, 4.69) is 25.8 Å². The number of nitrogens with zero attached hydrogens (tertiary/aromatic N) is 6. The van der Waals surface area contributed by atoms with Gasteiger partial charge >= 0.3 is 0 Å². The van der Waals surface area contributed by atoms with Crippen LogP contribution in [0.3, 0.4) is 0 Å². The van der Waals surface area contributed by atoms with Crippen LogP contribution >= 0.6 is 0 Å². The Kier molecular flexibility index (Phi) is 3.88. The fourth-order valence-corrected chi connectivity index (χ4v) is 2.62. The first-order valence-electron chi connectivity index (χ1n) is 7.88. The van der Waals surface area contributed by atoms with Crippen molar-refractivity contribution in [3.63, 3.8) is 0 Å². The Labute approximate surface area is 147 Å². The summed E-state index contributed by atoms with van der Waals surface area (Å²) in [6.07, 6.45) is 1.83. The van der Waals surface area contributed by atoms with Gasteiger partial charge in [0.15, 0.2) is 17.2 Å². The van der Waals surface area contributed by atoms with E-state index in [1.165, 1.54) is 16.8 Å². The molecule has 1 aromatic carbocycles. The van der Waals surface area contributed by atoms with E-state index in [1.807, 2.05) is 24.4 Å². The van der Waals surface area contributed by atoms with Gasteiger partial charge in [0.1, 0.15) is 5.82 Å². The molecule has 0 radical (unpaired) electrons. The van der Waals surface area contributed by atoms with Gasteiger partial charge in [0.05, 0.1) is 17.9 Å². The monoisotopic (exact) mass is 351 g/mol. The highest BCUT2D eigenvalue weighted by Crippen LogP contribution is 2.13. The normalized spacial score (nSPS) is 11.0. The third kappa shape index (κ3) is 2.79. The minimum Gasteiger partial charge on any atom is -0.343 e. The van der Waals surface area contributed by atoms with E-state index in [-0.39, 0.29) is 24.0 Å². The number of fused-ring (bicyclic) bond motifs is 1. The maximum Gasteiger partial charge on any atom is 0.274 e. The van der Waals surface area contributed by atoms with Gasteiger partial charge in [0, 0.05) is 6.20 Å². The van der Waals surface area contributed by atoms with Crippen molar-refractivity contribution >= 4 is 11.6 Å². The summed E-state index contributed by atoms with van der Waals surface area (Å²) in [7, 11) is 0. The average Bonchev–Trinajstić information content (AvgIpc) is 3.24. The first-order valence-corrected chi connectivity index (χ1v) is 7.88. The van der Waals surface area contributed by atoms with Crippen LogP contribution in [0, 0.1) is 12.7 Å². The van der Waals surface area contributed by atoms with E-state index in [4.69, 9.17) is 0 Å². The number of amides is 1. The fraction of sp³-hybridized carbons (Fsp3) is 0.118. The molecule has 0 bridgehead atoms. The molecule has 0 aliphatic heterocycles. The minimum atomic E-state index is -0.372. The predicted molar refractivity (Wildman–Crippen MR) is 90.2 cm³/mol. The third-order valence-electron chi connectivity index (χ3n) is 3.97. The lowest BCUT2D eigenvalue weighted by Gasteiger charge is -2.04. The Balaban J connectivity index is 1.53. The van der Waals surface area contributed by atoms with Gasteiger partial charge in [-0.05, 0) is 43.3 Å². The Hall–Kier alpha value is -3.62. The Morgan fingerprint density at radius 1 is 1.12 bits per heavy atom. The molecule has 3 heterocycles. The van der Waals surface area contributed by atoms with Crippen molar-refractivity contribution in [2.75, 3.05) is 0 Å². The average molecular weight is 351 g/mol. The van der Waals surface area contributed by atoms with Crippen molar-refractivity contribution in [2.45, 2.75) is 13.5 Å². The summed E-state index contributed by atoms with van der Waals surface area (Å²) in [6.45, 7) is 1.93. The molecular formula is C17H14FN7O. The number of hydrogen-bond acceptors (Lipinski definition) is 5. The van der Waals surface area contributed by atoms with Gasteiger partial charge in [-0.2, -0.15) is 0 Å². The van der Waals surface area contributed by atoms with Crippen molar-refractivity contribution < 1.29 is 9.18 Å². The molecule has 0 atom stereocenters. The molecule has 0 saturated carbocycles. The number of pyridine rings is 1. The lowest BCUT2D eigenvalue weighted by atomic mass is 10.2. The molecule has 0 spiro atoms. The molecule has 0 unspecified atom stereocenters. The van der Waals surface area contributed by atoms with Crippen LogP contribution in [0.25, 0.3) is 11.3 Å². The molecule has 0 fully saturated rings. The topological polar surface area (TPSA) is 90.0 Å². The summed E-state index contributed by atoms with van der Waals surface area (Å²) < 4.78 is 16.3. The first-order chi connectivity index (χ1) is 12.6.